The first kappa shape index (κ1) is 16.2. The Bertz CT molecular complexity index is 283. The van der Waals surface area contributed by atoms with Gasteiger partial charge in [0.15, 0.2) is 6.79 Å². The molecule has 1 atom stereocenters. The van der Waals surface area contributed by atoms with Crippen molar-refractivity contribution >= 4 is 28.6 Å². The molecular formula is C14H25IO3. The summed E-state index contributed by atoms with van der Waals surface area (Å²) in [7, 11) is 0. The summed E-state index contributed by atoms with van der Waals surface area (Å²) in [6.07, 6.45) is 3.25. The lowest BCUT2D eigenvalue weighted by molar-refractivity contribution is -0.172. The van der Waals surface area contributed by atoms with Gasteiger partial charge in [-0.25, -0.2) is 0 Å². The third kappa shape index (κ3) is 3.83. The Hall–Kier alpha value is 0.160. The van der Waals surface area contributed by atoms with Crippen LogP contribution in [0.4, 0.5) is 0 Å². The van der Waals surface area contributed by atoms with Gasteiger partial charge in [-0.3, -0.25) is 4.79 Å². The molecule has 0 amide bonds. The maximum Gasteiger partial charge on any atom is 0.320 e. The molecule has 1 rings (SSSR count). The van der Waals surface area contributed by atoms with Crippen molar-refractivity contribution in [1.29, 1.82) is 0 Å². The highest BCUT2D eigenvalue weighted by molar-refractivity contribution is 14.1. The fourth-order valence-electron chi connectivity index (χ4n) is 2.83. The fraction of sp³-hybridized carbons (Fsp3) is 0.929. The third-order valence-corrected chi connectivity index (χ3v) is 5.27. The summed E-state index contributed by atoms with van der Waals surface area (Å²) in [5, 5.41) is 0. The predicted molar refractivity (Wildman–Crippen MR) is 80.7 cm³/mol. The second-order valence-corrected chi connectivity index (χ2v) is 7.98. The maximum atomic E-state index is 11.6. The van der Waals surface area contributed by atoms with Crippen LogP contribution < -0.4 is 0 Å². The minimum atomic E-state index is -0.174. The van der Waals surface area contributed by atoms with Gasteiger partial charge in [-0.15, -0.1) is 0 Å². The number of hydrogen-bond donors (Lipinski definition) is 0. The zero-order valence-corrected chi connectivity index (χ0v) is 14.2. The zero-order valence-electron chi connectivity index (χ0n) is 12.1. The lowest BCUT2D eigenvalue weighted by Crippen LogP contribution is -2.37. The van der Waals surface area contributed by atoms with Crippen LogP contribution in [0.2, 0.25) is 0 Å². The van der Waals surface area contributed by atoms with E-state index in [0.29, 0.717) is 0 Å². The molecule has 0 radical (unpaired) electrons. The summed E-state index contributed by atoms with van der Waals surface area (Å²) in [6.45, 7) is 10.9. The van der Waals surface area contributed by atoms with Crippen molar-refractivity contribution < 1.29 is 14.3 Å². The molecule has 18 heavy (non-hydrogen) atoms. The van der Waals surface area contributed by atoms with E-state index in [9.17, 15) is 4.79 Å². The van der Waals surface area contributed by atoms with E-state index in [2.05, 4.69) is 50.3 Å². The van der Waals surface area contributed by atoms with E-state index in [0.717, 1.165) is 19.3 Å². The Labute approximate surface area is 124 Å². The summed E-state index contributed by atoms with van der Waals surface area (Å²) >= 11 is 2.10. The van der Waals surface area contributed by atoms with Crippen molar-refractivity contribution in [3.05, 3.63) is 0 Å². The number of carbonyl (C=O) groups is 1. The molecule has 4 heteroatoms. The van der Waals surface area contributed by atoms with E-state index < -0.39 is 0 Å². The Morgan fingerprint density at radius 2 is 1.78 bits per heavy atom. The van der Waals surface area contributed by atoms with Gasteiger partial charge in [0.1, 0.15) is 3.92 Å². The molecule has 0 aromatic rings. The van der Waals surface area contributed by atoms with Crippen molar-refractivity contribution in [2.75, 3.05) is 6.79 Å². The van der Waals surface area contributed by atoms with Crippen molar-refractivity contribution in [1.82, 2.24) is 0 Å². The number of ether oxygens (including phenoxy) is 2. The minimum Gasteiger partial charge on any atom is -0.438 e. The molecule has 1 aliphatic rings. The first-order chi connectivity index (χ1) is 8.20. The molecule has 0 N–H and O–H groups in total. The molecule has 0 aliphatic heterocycles. The van der Waals surface area contributed by atoms with Gasteiger partial charge in [-0.2, -0.15) is 0 Å². The summed E-state index contributed by atoms with van der Waals surface area (Å²) in [4.78, 5) is 11.6. The van der Waals surface area contributed by atoms with Crippen molar-refractivity contribution in [2.45, 2.75) is 63.9 Å². The summed E-state index contributed by atoms with van der Waals surface area (Å²) in [6, 6.07) is 0. The first-order valence-corrected chi connectivity index (χ1v) is 7.87. The number of alkyl halides is 1. The molecule has 0 aromatic carbocycles. The van der Waals surface area contributed by atoms with E-state index in [1.807, 2.05) is 6.92 Å². The van der Waals surface area contributed by atoms with Crippen LogP contribution in [0, 0.1) is 10.8 Å². The van der Waals surface area contributed by atoms with Gasteiger partial charge < -0.3 is 9.47 Å². The van der Waals surface area contributed by atoms with E-state index in [1.165, 1.54) is 0 Å². The molecule has 0 bridgehead atoms. The smallest absolute Gasteiger partial charge is 0.320 e. The molecule has 106 valence electrons. The Balaban J connectivity index is 2.45. The van der Waals surface area contributed by atoms with Crippen LogP contribution in [-0.4, -0.2) is 22.8 Å². The molecule has 0 heterocycles. The number of hydrogen-bond acceptors (Lipinski definition) is 3. The average Bonchev–Trinajstić information content (AvgIpc) is 2.50. The lowest BCUT2D eigenvalue weighted by Gasteiger charge is -2.34. The van der Waals surface area contributed by atoms with Crippen LogP contribution in [-0.2, 0) is 14.3 Å². The average molecular weight is 368 g/mol. The summed E-state index contributed by atoms with van der Waals surface area (Å²) in [5.74, 6) is -0.174. The Morgan fingerprint density at radius 3 is 2.22 bits per heavy atom. The summed E-state index contributed by atoms with van der Waals surface area (Å²) in [5.41, 5.74) is 0.314. The molecule has 1 aliphatic carbocycles. The molecule has 1 unspecified atom stereocenters. The van der Waals surface area contributed by atoms with Gasteiger partial charge in [0.05, 0.1) is 6.10 Å². The zero-order chi connectivity index (χ0) is 14.0. The maximum absolute atomic E-state index is 11.6. The van der Waals surface area contributed by atoms with Crippen LogP contribution in [0.1, 0.15) is 53.9 Å². The molecular weight excluding hydrogens is 343 g/mol. The second kappa shape index (κ2) is 6.07. The largest absolute Gasteiger partial charge is 0.438 e. The molecule has 0 saturated heterocycles. The van der Waals surface area contributed by atoms with Crippen LogP contribution in [0.5, 0.6) is 0 Å². The van der Waals surface area contributed by atoms with Gasteiger partial charge in [0, 0.05) is 0 Å². The summed E-state index contributed by atoms with van der Waals surface area (Å²) < 4.78 is 11.0. The standard InChI is InChI=1S/C14H25IO3/c1-6-10(15)11(16)17-9-18-12-13(2,3)7-8-14(12,4)5/h10,12H,6-9H2,1-5H3. The predicted octanol–water partition coefficient (Wildman–Crippen LogP) is 3.93. The third-order valence-electron chi connectivity index (χ3n) is 3.88. The van der Waals surface area contributed by atoms with Crippen LogP contribution in [0.3, 0.4) is 0 Å². The number of esters is 1. The topological polar surface area (TPSA) is 35.5 Å². The normalized spacial score (nSPS) is 23.9. The minimum absolute atomic E-state index is 0.0733. The molecule has 0 aromatic heterocycles. The quantitative estimate of drug-likeness (QED) is 0.319. The van der Waals surface area contributed by atoms with Crippen LogP contribution >= 0.6 is 22.6 Å². The van der Waals surface area contributed by atoms with E-state index in [-0.39, 0.29) is 33.6 Å². The number of rotatable bonds is 5. The first-order valence-electron chi connectivity index (χ1n) is 6.63. The van der Waals surface area contributed by atoms with E-state index in [4.69, 9.17) is 9.47 Å². The SMILES string of the molecule is CCC(I)C(=O)OCOC1C(C)(C)CCC1(C)C. The van der Waals surface area contributed by atoms with Gasteiger partial charge in [0.2, 0.25) is 0 Å². The fourth-order valence-corrected chi connectivity index (χ4v) is 3.01. The van der Waals surface area contributed by atoms with Gasteiger partial charge in [-0.05, 0) is 30.1 Å². The van der Waals surface area contributed by atoms with Gasteiger partial charge in [0.25, 0.3) is 0 Å². The molecule has 1 fully saturated rings. The molecule has 1 saturated carbocycles. The molecule has 0 spiro atoms. The van der Waals surface area contributed by atoms with Gasteiger partial charge in [-0.1, -0.05) is 57.2 Å². The van der Waals surface area contributed by atoms with E-state index in [1.54, 1.807) is 0 Å². The lowest BCUT2D eigenvalue weighted by atomic mass is 9.81. The number of halogens is 1. The van der Waals surface area contributed by atoms with Crippen molar-refractivity contribution in [3.63, 3.8) is 0 Å². The van der Waals surface area contributed by atoms with Crippen LogP contribution in [0.25, 0.3) is 0 Å². The monoisotopic (exact) mass is 368 g/mol. The highest BCUT2D eigenvalue weighted by Gasteiger charge is 2.47. The van der Waals surface area contributed by atoms with Gasteiger partial charge >= 0.3 is 5.97 Å². The number of carbonyl (C=O) groups excluding carboxylic acids is 1. The van der Waals surface area contributed by atoms with Crippen molar-refractivity contribution in [3.8, 4) is 0 Å². The highest BCUT2D eigenvalue weighted by Crippen LogP contribution is 2.50. The second-order valence-electron chi connectivity index (χ2n) is 6.48. The molecule has 3 nitrogen and oxygen atoms in total. The van der Waals surface area contributed by atoms with Crippen molar-refractivity contribution in [2.24, 2.45) is 10.8 Å². The highest BCUT2D eigenvalue weighted by atomic mass is 127. The Kier molecular flexibility index (Phi) is 5.47. The van der Waals surface area contributed by atoms with Crippen LogP contribution in [0.15, 0.2) is 0 Å². The van der Waals surface area contributed by atoms with E-state index >= 15 is 0 Å². The Morgan fingerprint density at radius 1 is 1.28 bits per heavy atom.